The Morgan fingerprint density at radius 3 is 2.53 bits per heavy atom. The monoisotopic (exact) mass is 419 g/mol. The molecule has 2 heterocycles. The van der Waals surface area contributed by atoms with Crippen LogP contribution in [0.5, 0.6) is 0 Å². The highest BCUT2D eigenvalue weighted by Crippen LogP contribution is 2.28. The van der Waals surface area contributed by atoms with Crippen LogP contribution in [-0.2, 0) is 4.79 Å². The van der Waals surface area contributed by atoms with E-state index in [9.17, 15) is 4.79 Å². The minimum Gasteiger partial charge on any atom is -0.360 e. The topological polar surface area (TPSA) is 85.8 Å². The summed E-state index contributed by atoms with van der Waals surface area (Å²) in [6.45, 7) is 3.83. The number of hydrogen-bond acceptors (Lipinski definition) is 6. The molecule has 0 unspecified atom stereocenters. The van der Waals surface area contributed by atoms with Crippen LogP contribution < -0.4 is 5.32 Å². The molecule has 2 aromatic heterocycles. The van der Waals surface area contributed by atoms with E-state index in [1.807, 2.05) is 34.9 Å². The fourth-order valence-corrected chi connectivity index (χ4v) is 3.82. The molecule has 0 spiro atoms. The van der Waals surface area contributed by atoms with Gasteiger partial charge in [0.25, 0.3) is 0 Å². The maximum Gasteiger partial charge on any atom is 0.226 e. The number of nitrogens with zero attached hydrogens (tertiary/aromatic N) is 4. The Labute approximate surface area is 178 Å². The predicted molar refractivity (Wildman–Crippen MR) is 117 cm³/mol. The Hall–Kier alpha value is -3.39. The van der Waals surface area contributed by atoms with Crippen molar-refractivity contribution in [2.24, 2.45) is 0 Å². The van der Waals surface area contributed by atoms with E-state index >= 15 is 0 Å². The molecule has 1 amide bonds. The highest BCUT2D eigenvalue weighted by atomic mass is 32.2. The van der Waals surface area contributed by atoms with Crippen LogP contribution in [-0.4, -0.2) is 31.6 Å². The third-order valence-electron chi connectivity index (χ3n) is 4.41. The molecule has 2 aromatic carbocycles. The number of hydrogen-bond donors (Lipinski definition) is 1. The molecule has 0 aliphatic rings. The number of anilines is 1. The van der Waals surface area contributed by atoms with Gasteiger partial charge >= 0.3 is 0 Å². The SMILES string of the molecule is Cc1ccc(-n2c(SCCC(=O)Nc3cc(C)on3)nnc2-c2ccccc2)cc1. The second-order valence-corrected chi connectivity index (χ2v) is 7.87. The van der Waals surface area contributed by atoms with Crippen molar-refractivity contribution in [3.8, 4) is 17.1 Å². The summed E-state index contributed by atoms with van der Waals surface area (Å²) in [5.74, 6) is 2.28. The van der Waals surface area contributed by atoms with Gasteiger partial charge in [0.2, 0.25) is 5.91 Å². The Morgan fingerprint density at radius 2 is 1.83 bits per heavy atom. The number of amides is 1. The number of rotatable bonds is 7. The summed E-state index contributed by atoms with van der Waals surface area (Å²) in [6.07, 6.45) is 0.317. The lowest BCUT2D eigenvalue weighted by molar-refractivity contribution is -0.115. The van der Waals surface area contributed by atoms with Gasteiger partial charge in [-0.2, -0.15) is 0 Å². The molecule has 8 heteroatoms. The molecule has 0 radical (unpaired) electrons. The van der Waals surface area contributed by atoms with E-state index in [0.29, 0.717) is 23.8 Å². The van der Waals surface area contributed by atoms with E-state index in [1.54, 1.807) is 13.0 Å². The lowest BCUT2D eigenvalue weighted by atomic mass is 10.2. The van der Waals surface area contributed by atoms with Crippen molar-refractivity contribution < 1.29 is 9.32 Å². The molecule has 4 rings (SSSR count). The van der Waals surface area contributed by atoms with Crippen molar-refractivity contribution in [2.45, 2.75) is 25.4 Å². The number of carbonyl (C=O) groups is 1. The van der Waals surface area contributed by atoms with Crippen molar-refractivity contribution in [3.05, 3.63) is 72.0 Å². The van der Waals surface area contributed by atoms with Crippen LogP contribution >= 0.6 is 11.8 Å². The minimum atomic E-state index is -0.125. The molecule has 30 heavy (non-hydrogen) atoms. The Balaban J connectivity index is 1.52. The van der Waals surface area contributed by atoms with Gasteiger partial charge in [-0.15, -0.1) is 10.2 Å². The van der Waals surface area contributed by atoms with Crippen molar-refractivity contribution in [3.63, 3.8) is 0 Å². The second kappa shape index (κ2) is 8.96. The van der Waals surface area contributed by atoms with E-state index in [1.165, 1.54) is 17.3 Å². The fourth-order valence-electron chi connectivity index (χ4n) is 2.93. The van der Waals surface area contributed by atoms with Gasteiger partial charge in [0.1, 0.15) is 5.76 Å². The van der Waals surface area contributed by atoms with Gasteiger partial charge < -0.3 is 9.84 Å². The van der Waals surface area contributed by atoms with Crippen LogP contribution in [0.2, 0.25) is 0 Å². The zero-order chi connectivity index (χ0) is 20.9. The average molecular weight is 420 g/mol. The first-order valence-corrected chi connectivity index (χ1v) is 10.5. The number of thioether (sulfide) groups is 1. The predicted octanol–water partition coefficient (Wildman–Crippen LogP) is 4.66. The number of aryl methyl sites for hydroxylation is 2. The Bertz CT molecular complexity index is 1140. The van der Waals surface area contributed by atoms with Crippen molar-refractivity contribution >= 4 is 23.5 Å². The molecule has 0 bridgehead atoms. The molecule has 0 fully saturated rings. The molecule has 0 saturated heterocycles. The van der Waals surface area contributed by atoms with Gasteiger partial charge in [0, 0.05) is 29.5 Å². The summed E-state index contributed by atoms with van der Waals surface area (Å²) in [5.41, 5.74) is 3.15. The first kappa shape index (κ1) is 19.9. The van der Waals surface area contributed by atoms with Gasteiger partial charge in [-0.1, -0.05) is 64.9 Å². The zero-order valence-electron chi connectivity index (χ0n) is 16.7. The number of aromatic nitrogens is 4. The summed E-state index contributed by atoms with van der Waals surface area (Å²) in [7, 11) is 0. The lowest BCUT2D eigenvalue weighted by Gasteiger charge is -2.10. The summed E-state index contributed by atoms with van der Waals surface area (Å²) in [6, 6.07) is 19.9. The van der Waals surface area contributed by atoms with Gasteiger partial charge in [0.15, 0.2) is 16.8 Å². The summed E-state index contributed by atoms with van der Waals surface area (Å²) in [4.78, 5) is 12.2. The van der Waals surface area contributed by atoms with Crippen molar-refractivity contribution in [2.75, 3.05) is 11.1 Å². The van der Waals surface area contributed by atoms with E-state index in [0.717, 1.165) is 22.2 Å². The van der Waals surface area contributed by atoms with Crippen LogP contribution in [0.25, 0.3) is 17.1 Å². The van der Waals surface area contributed by atoms with E-state index in [4.69, 9.17) is 4.52 Å². The van der Waals surface area contributed by atoms with E-state index in [-0.39, 0.29) is 5.91 Å². The quantitative estimate of drug-likeness (QED) is 0.439. The third kappa shape index (κ3) is 4.60. The first-order chi connectivity index (χ1) is 14.6. The molecule has 7 nitrogen and oxygen atoms in total. The first-order valence-electron chi connectivity index (χ1n) is 9.54. The highest BCUT2D eigenvalue weighted by molar-refractivity contribution is 7.99. The van der Waals surface area contributed by atoms with E-state index < -0.39 is 0 Å². The van der Waals surface area contributed by atoms with Crippen LogP contribution in [0.1, 0.15) is 17.7 Å². The standard InChI is InChI=1S/C22H21N5O2S/c1-15-8-10-18(11-9-15)27-21(17-6-4-3-5-7-17)24-25-22(27)30-13-12-20(28)23-19-14-16(2)29-26-19/h3-11,14H,12-13H2,1-2H3,(H,23,26,28). The number of nitrogens with one attached hydrogen (secondary N) is 1. The highest BCUT2D eigenvalue weighted by Gasteiger charge is 2.16. The van der Waals surface area contributed by atoms with Gasteiger partial charge in [-0.05, 0) is 26.0 Å². The minimum absolute atomic E-state index is 0.125. The molecule has 0 atom stereocenters. The fraction of sp³-hybridized carbons (Fsp3) is 0.182. The molecular formula is C22H21N5O2S. The van der Waals surface area contributed by atoms with Crippen LogP contribution in [0.15, 0.2) is 70.3 Å². The molecule has 4 aromatic rings. The molecule has 152 valence electrons. The van der Waals surface area contributed by atoms with Gasteiger partial charge in [-0.3, -0.25) is 9.36 Å². The average Bonchev–Trinajstić information content (AvgIpc) is 3.35. The Kier molecular flexibility index (Phi) is 5.94. The van der Waals surface area contributed by atoms with E-state index in [2.05, 4.69) is 51.9 Å². The van der Waals surface area contributed by atoms with Crippen LogP contribution in [0.4, 0.5) is 5.82 Å². The zero-order valence-corrected chi connectivity index (χ0v) is 17.5. The number of carbonyl (C=O) groups excluding carboxylic acids is 1. The summed E-state index contributed by atoms with van der Waals surface area (Å²) in [5, 5.41) is 16.1. The summed E-state index contributed by atoms with van der Waals surface area (Å²) >= 11 is 1.49. The second-order valence-electron chi connectivity index (χ2n) is 6.81. The van der Waals surface area contributed by atoms with Crippen molar-refractivity contribution in [1.82, 2.24) is 19.9 Å². The molecule has 0 aliphatic carbocycles. The largest absolute Gasteiger partial charge is 0.360 e. The van der Waals surface area contributed by atoms with Crippen LogP contribution in [0.3, 0.4) is 0 Å². The molecule has 0 aliphatic heterocycles. The lowest BCUT2D eigenvalue weighted by Crippen LogP contribution is -2.12. The van der Waals surface area contributed by atoms with Crippen molar-refractivity contribution in [1.29, 1.82) is 0 Å². The molecule has 0 saturated carbocycles. The molecular weight excluding hydrogens is 398 g/mol. The molecule has 1 N–H and O–H groups in total. The van der Waals surface area contributed by atoms with Gasteiger partial charge in [0.05, 0.1) is 0 Å². The maximum absolute atomic E-state index is 12.2. The van der Waals surface area contributed by atoms with Crippen LogP contribution in [0, 0.1) is 13.8 Å². The Morgan fingerprint density at radius 1 is 1.07 bits per heavy atom. The normalized spacial score (nSPS) is 10.9. The summed E-state index contributed by atoms with van der Waals surface area (Å²) < 4.78 is 6.99. The van der Waals surface area contributed by atoms with Gasteiger partial charge in [-0.25, -0.2) is 0 Å². The smallest absolute Gasteiger partial charge is 0.226 e. The maximum atomic E-state index is 12.2. The number of benzene rings is 2. The third-order valence-corrected chi connectivity index (χ3v) is 5.34.